The third-order valence-corrected chi connectivity index (χ3v) is 6.02. The molecule has 0 radical (unpaired) electrons. The monoisotopic (exact) mass is 391 g/mol. The van der Waals surface area contributed by atoms with Crippen LogP contribution in [-0.4, -0.2) is 91.8 Å². The van der Waals surface area contributed by atoms with Crippen LogP contribution in [0, 0.1) is 0 Å². The lowest BCUT2D eigenvalue weighted by Crippen LogP contribution is -2.55. The fourth-order valence-electron chi connectivity index (χ4n) is 2.81. The highest BCUT2D eigenvalue weighted by Gasteiger charge is 2.51. The number of aliphatic hydroxyl groups is 6. The lowest BCUT2D eigenvalue weighted by Gasteiger charge is -2.32. The molecule has 0 spiro atoms. The Balaban J connectivity index is 2.08. The SMILES string of the molecule is Nc1ccc(CC[Si](O)(O)OC2C(O)C(O)C(O)C(O)C(O)C2O)cc1. The van der Waals surface area contributed by atoms with Crippen molar-refractivity contribution in [3.8, 4) is 0 Å². The Morgan fingerprint density at radius 3 is 1.65 bits per heavy atom. The smallest absolute Gasteiger partial charge is 0.399 e. The first kappa shape index (κ1) is 21.2. The van der Waals surface area contributed by atoms with Crippen LogP contribution in [0.4, 0.5) is 5.69 Å². The molecule has 0 aromatic heterocycles. The van der Waals surface area contributed by atoms with Crippen molar-refractivity contribution in [3.05, 3.63) is 29.8 Å². The molecule has 1 aromatic carbocycles. The maximum atomic E-state index is 10.2. The second kappa shape index (κ2) is 8.27. The third kappa shape index (κ3) is 4.78. The van der Waals surface area contributed by atoms with Crippen molar-refractivity contribution in [1.29, 1.82) is 0 Å². The first-order valence-electron chi connectivity index (χ1n) is 8.09. The highest BCUT2D eigenvalue weighted by Crippen LogP contribution is 2.26. The number of benzene rings is 1. The van der Waals surface area contributed by atoms with E-state index < -0.39 is 51.5 Å². The number of hydrogen-bond donors (Lipinski definition) is 9. The molecule has 2 rings (SSSR count). The van der Waals surface area contributed by atoms with Gasteiger partial charge < -0.3 is 50.4 Å². The normalized spacial score (nSPS) is 35.9. The average molecular weight is 391 g/mol. The molecule has 6 atom stereocenters. The number of anilines is 1. The van der Waals surface area contributed by atoms with Gasteiger partial charge in [0.25, 0.3) is 0 Å². The fourth-order valence-corrected chi connectivity index (χ4v) is 4.25. The zero-order valence-electron chi connectivity index (χ0n) is 13.8. The maximum Gasteiger partial charge on any atom is 0.496 e. The zero-order chi connectivity index (χ0) is 19.6. The molecule has 0 aliphatic heterocycles. The van der Waals surface area contributed by atoms with E-state index in [0.29, 0.717) is 5.69 Å². The van der Waals surface area contributed by atoms with Crippen LogP contribution in [0.1, 0.15) is 5.56 Å². The molecular formula is C15H25NO9Si. The highest BCUT2D eigenvalue weighted by molar-refractivity contribution is 6.57. The van der Waals surface area contributed by atoms with Crippen LogP contribution in [0.25, 0.3) is 0 Å². The van der Waals surface area contributed by atoms with E-state index in [4.69, 9.17) is 10.2 Å². The van der Waals surface area contributed by atoms with Crippen molar-refractivity contribution in [1.82, 2.24) is 0 Å². The molecule has 1 aromatic rings. The van der Waals surface area contributed by atoms with E-state index in [2.05, 4.69) is 0 Å². The fraction of sp³-hybridized carbons (Fsp3) is 0.600. The standard InChI is InChI=1S/C15H25NO9Si/c16-8-3-1-7(2-4-8)5-6-26(23,24)25-15-13(21)11(19)9(17)10(18)12(20)14(15)22/h1-4,9-15,17-24H,5-6,16H2. The lowest BCUT2D eigenvalue weighted by atomic mass is 10.0. The summed E-state index contributed by atoms with van der Waals surface area (Å²) >= 11 is 0. The molecule has 10 nitrogen and oxygen atoms in total. The van der Waals surface area contributed by atoms with Gasteiger partial charge in [0.2, 0.25) is 0 Å². The van der Waals surface area contributed by atoms with Crippen LogP contribution < -0.4 is 5.73 Å². The number of rotatable bonds is 5. The molecule has 10 N–H and O–H groups in total. The summed E-state index contributed by atoms with van der Waals surface area (Å²) in [6, 6.07) is 6.43. The van der Waals surface area contributed by atoms with E-state index in [1.807, 2.05) is 0 Å². The predicted octanol–water partition coefficient (Wildman–Crippen LogP) is -3.70. The van der Waals surface area contributed by atoms with Crippen LogP contribution in [0.15, 0.2) is 24.3 Å². The van der Waals surface area contributed by atoms with Gasteiger partial charge in [-0.25, -0.2) is 0 Å². The minimum absolute atomic E-state index is 0.203. The van der Waals surface area contributed by atoms with Gasteiger partial charge in [0, 0.05) is 11.7 Å². The molecule has 1 fully saturated rings. The summed E-state index contributed by atoms with van der Waals surface area (Å²) in [5.74, 6) is 0. The maximum absolute atomic E-state index is 10.2. The van der Waals surface area contributed by atoms with Gasteiger partial charge in [-0.3, -0.25) is 0 Å². The minimum atomic E-state index is -4.43. The average Bonchev–Trinajstić information content (AvgIpc) is 2.65. The van der Waals surface area contributed by atoms with Crippen LogP contribution in [-0.2, 0) is 10.8 Å². The van der Waals surface area contributed by atoms with Crippen LogP contribution in [0.2, 0.25) is 6.04 Å². The number of hydrogen-bond acceptors (Lipinski definition) is 10. The van der Waals surface area contributed by atoms with Crippen molar-refractivity contribution in [2.45, 2.75) is 55.2 Å². The largest absolute Gasteiger partial charge is 0.496 e. The molecule has 26 heavy (non-hydrogen) atoms. The summed E-state index contributed by atoms with van der Waals surface area (Å²) < 4.78 is 5.05. The molecule has 0 heterocycles. The van der Waals surface area contributed by atoms with Crippen molar-refractivity contribution >= 4 is 14.5 Å². The second-order valence-corrected chi connectivity index (χ2v) is 8.73. The first-order valence-corrected chi connectivity index (χ1v) is 10.1. The van der Waals surface area contributed by atoms with Gasteiger partial charge in [-0.05, 0) is 24.1 Å². The van der Waals surface area contributed by atoms with E-state index in [9.17, 15) is 40.2 Å². The Morgan fingerprint density at radius 1 is 0.769 bits per heavy atom. The van der Waals surface area contributed by atoms with Crippen LogP contribution in [0.3, 0.4) is 0 Å². The van der Waals surface area contributed by atoms with E-state index in [1.165, 1.54) is 0 Å². The molecule has 0 amide bonds. The molecule has 6 unspecified atom stereocenters. The Kier molecular flexibility index (Phi) is 6.74. The Labute approximate surface area is 150 Å². The summed E-state index contributed by atoms with van der Waals surface area (Å²) in [6.45, 7) is 0. The minimum Gasteiger partial charge on any atom is -0.399 e. The summed E-state index contributed by atoms with van der Waals surface area (Å²) in [5.41, 5.74) is 6.86. The zero-order valence-corrected chi connectivity index (χ0v) is 14.8. The quantitative estimate of drug-likeness (QED) is 0.137. The number of nitrogens with two attached hydrogens (primary N) is 1. The van der Waals surface area contributed by atoms with E-state index in [1.54, 1.807) is 24.3 Å². The van der Waals surface area contributed by atoms with Crippen LogP contribution in [0.5, 0.6) is 0 Å². The van der Waals surface area contributed by atoms with Gasteiger partial charge in [-0.2, -0.15) is 0 Å². The number of nitrogen functional groups attached to an aromatic ring is 1. The topological polar surface area (TPSA) is 197 Å². The molecule has 1 aliphatic carbocycles. The second-order valence-electron chi connectivity index (χ2n) is 6.51. The summed E-state index contributed by atoms with van der Waals surface area (Å²) in [4.78, 5) is 20.3. The predicted molar refractivity (Wildman–Crippen MR) is 90.5 cm³/mol. The Bertz CT molecular complexity index is 567. The van der Waals surface area contributed by atoms with E-state index in [-0.39, 0.29) is 12.5 Å². The third-order valence-electron chi connectivity index (χ3n) is 4.47. The Morgan fingerprint density at radius 2 is 1.19 bits per heavy atom. The summed E-state index contributed by atoms with van der Waals surface area (Å²) in [7, 11) is -4.43. The van der Waals surface area contributed by atoms with Crippen LogP contribution >= 0.6 is 0 Å². The molecule has 0 bridgehead atoms. The van der Waals surface area contributed by atoms with E-state index >= 15 is 0 Å². The molecule has 1 saturated carbocycles. The van der Waals surface area contributed by atoms with Crippen molar-refractivity contribution in [2.24, 2.45) is 0 Å². The molecular weight excluding hydrogens is 366 g/mol. The first-order chi connectivity index (χ1) is 12.0. The van der Waals surface area contributed by atoms with Crippen molar-refractivity contribution < 1.29 is 44.7 Å². The van der Waals surface area contributed by atoms with Gasteiger partial charge in [0.05, 0.1) is 0 Å². The number of aryl methyl sites for hydroxylation is 1. The summed E-state index contributed by atoms with van der Waals surface area (Å²) in [6.07, 6.45) is -13.4. The van der Waals surface area contributed by atoms with Gasteiger partial charge in [-0.15, -0.1) is 0 Å². The van der Waals surface area contributed by atoms with Crippen molar-refractivity contribution in [2.75, 3.05) is 5.73 Å². The van der Waals surface area contributed by atoms with Gasteiger partial charge >= 0.3 is 8.80 Å². The molecule has 11 heteroatoms. The number of aliphatic hydroxyl groups excluding tert-OH is 6. The van der Waals surface area contributed by atoms with Gasteiger partial charge in [0.1, 0.15) is 42.7 Å². The Hall–Kier alpha value is -1.12. The molecule has 148 valence electrons. The summed E-state index contributed by atoms with van der Waals surface area (Å²) in [5, 5.41) is 59.0. The van der Waals surface area contributed by atoms with Gasteiger partial charge in [0.15, 0.2) is 0 Å². The molecule has 0 saturated heterocycles. The van der Waals surface area contributed by atoms with Gasteiger partial charge in [-0.1, -0.05) is 12.1 Å². The van der Waals surface area contributed by atoms with Crippen molar-refractivity contribution in [3.63, 3.8) is 0 Å². The highest BCUT2D eigenvalue weighted by atomic mass is 28.4. The molecule has 1 aliphatic rings. The lowest BCUT2D eigenvalue weighted by molar-refractivity contribution is -0.130. The van der Waals surface area contributed by atoms with E-state index in [0.717, 1.165) is 5.56 Å².